The van der Waals surface area contributed by atoms with Crippen molar-refractivity contribution in [2.24, 2.45) is 5.92 Å². The minimum absolute atomic E-state index is 0.718. The van der Waals surface area contributed by atoms with Crippen LogP contribution in [-0.4, -0.2) is 0 Å². The van der Waals surface area contributed by atoms with Crippen molar-refractivity contribution in [2.45, 2.75) is 59.3 Å². The minimum atomic E-state index is 0.718. The molecule has 0 rings (SSSR count). The van der Waals surface area contributed by atoms with Gasteiger partial charge < -0.3 is 0 Å². The summed E-state index contributed by atoms with van der Waals surface area (Å²) in [6, 6.07) is 0. The van der Waals surface area contributed by atoms with Gasteiger partial charge in [0.1, 0.15) is 0 Å². The van der Waals surface area contributed by atoms with Crippen LogP contribution in [0.4, 0.5) is 0 Å². The zero-order valence-corrected chi connectivity index (χ0v) is 10.2. The number of rotatable bonds is 8. The summed E-state index contributed by atoms with van der Waals surface area (Å²) in [6.45, 7) is 10.5. The van der Waals surface area contributed by atoms with Gasteiger partial charge in [0.15, 0.2) is 0 Å². The molecule has 0 atom stereocenters. The van der Waals surface area contributed by atoms with Gasteiger partial charge in [-0.15, -0.1) is 6.58 Å². The molecule has 0 radical (unpaired) electrons. The standard InChI is InChI=1S/C14H26/c1-5-6-7-8-9-10-11-12-14(4)13(2)3/h5,12-13H,1,6-11H2,2-4H3. The second-order valence-corrected chi connectivity index (χ2v) is 4.38. The maximum atomic E-state index is 3.73. The Hall–Kier alpha value is -0.520. The Morgan fingerprint density at radius 1 is 1.07 bits per heavy atom. The van der Waals surface area contributed by atoms with E-state index in [4.69, 9.17) is 0 Å². The van der Waals surface area contributed by atoms with Crippen LogP contribution in [0.25, 0.3) is 0 Å². The number of allylic oxidation sites excluding steroid dienone is 3. The zero-order valence-electron chi connectivity index (χ0n) is 10.2. The van der Waals surface area contributed by atoms with Gasteiger partial charge in [0, 0.05) is 0 Å². The molecule has 0 amide bonds. The summed E-state index contributed by atoms with van der Waals surface area (Å²) in [5.41, 5.74) is 1.54. The first-order valence-corrected chi connectivity index (χ1v) is 5.96. The largest absolute Gasteiger partial charge is 0.103 e. The van der Waals surface area contributed by atoms with Crippen LogP contribution >= 0.6 is 0 Å². The van der Waals surface area contributed by atoms with Gasteiger partial charge in [-0.25, -0.2) is 0 Å². The quantitative estimate of drug-likeness (QED) is 0.372. The van der Waals surface area contributed by atoms with Crippen LogP contribution < -0.4 is 0 Å². The van der Waals surface area contributed by atoms with Gasteiger partial charge in [-0.1, -0.05) is 44.4 Å². The molecule has 0 nitrogen and oxygen atoms in total. The lowest BCUT2D eigenvalue weighted by Gasteiger charge is -2.04. The first-order chi connectivity index (χ1) is 6.68. The van der Waals surface area contributed by atoms with Crippen LogP contribution in [-0.2, 0) is 0 Å². The molecule has 0 aromatic rings. The van der Waals surface area contributed by atoms with Crippen molar-refractivity contribution in [3.8, 4) is 0 Å². The zero-order chi connectivity index (χ0) is 10.8. The van der Waals surface area contributed by atoms with Crippen LogP contribution in [0.3, 0.4) is 0 Å². The SMILES string of the molecule is C=CCCCCCCC=C(C)C(C)C. The third-order valence-electron chi connectivity index (χ3n) is 2.74. The van der Waals surface area contributed by atoms with Gasteiger partial charge in [-0.3, -0.25) is 0 Å². The first-order valence-electron chi connectivity index (χ1n) is 5.96. The minimum Gasteiger partial charge on any atom is -0.103 e. The molecule has 0 spiro atoms. The first kappa shape index (κ1) is 13.5. The van der Waals surface area contributed by atoms with E-state index in [-0.39, 0.29) is 0 Å². The average Bonchev–Trinajstić information content (AvgIpc) is 2.16. The Morgan fingerprint density at radius 3 is 2.14 bits per heavy atom. The molecule has 0 unspecified atom stereocenters. The second-order valence-electron chi connectivity index (χ2n) is 4.38. The molecule has 0 fully saturated rings. The van der Waals surface area contributed by atoms with Crippen molar-refractivity contribution in [1.29, 1.82) is 0 Å². The Balaban J connectivity index is 3.28. The number of unbranched alkanes of at least 4 members (excludes halogenated alkanes) is 5. The Labute approximate surface area is 90.1 Å². The summed E-state index contributed by atoms with van der Waals surface area (Å²) < 4.78 is 0. The van der Waals surface area contributed by atoms with Crippen LogP contribution in [0, 0.1) is 5.92 Å². The summed E-state index contributed by atoms with van der Waals surface area (Å²) in [6.07, 6.45) is 12.3. The lowest BCUT2D eigenvalue weighted by Crippen LogP contribution is -1.88. The van der Waals surface area contributed by atoms with Crippen LogP contribution in [0.15, 0.2) is 24.3 Å². The summed E-state index contributed by atoms with van der Waals surface area (Å²) in [5.74, 6) is 0.718. The lowest BCUT2D eigenvalue weighted by molar-refractivity contribution is 0.648. The monoisotopic (exact) mass is 194 g/mol. The van der Waals surface area contributed by atoms with Crippen LogP contribution in [0.5, 0.6) is 0 Å². The van der Waals surface area contributed by atoms with Crippen molar-refractivity contribution >= 4 is 0 Å². The van der Waals surface area contributed by atoms with E-state index >= 15 is 0 Å². The fourth-order valence-corrected chi connectivity index (χ4v) is 1.35. The van der Waals surface area contributed by atoms with Crippen molar-refractivity contribution < 1.29 is 0 Å². The smallest absolute Gasteiger partial charge is 0.0263 e. The van der Waals surface area contributed by atoms with E-state index in [1.54, 1.807) is 0 Å². The highest BCUT2D eigenvalue weighted by atomic mass is 14.0. The molecule has 0 N–H and O–H groups in total. The maximum absolute atomic E-state index is 3.73. The molecule has 0 bridgehead atoms. The summed E-state index contributed by atoms with van der Waals surface area (Å²) in [4.78, 5) is 0. The van der Waals surface area contributed by atoms with E-state index in [0.29, 0.717) is 0 Å². The van der Waals surface area contributed by atoms with E-state index < -0.39 is 0 Å². The molecule has 0 heteroatoms. The molecule has 0 aliphatic carbocycles. The molecule has 0 saturated carbocycles. The molecule has 0 saturated heterocycles. The van der Waals surface area contributed by atoms with Gasteiger partial charge in [0.25, 0.3) is 0 Å². The van der Waals surface area contributed by atoms with E-state index in [9.17, 15) is 0 Å². The molecule has 0 aromatic heterocycles. The van der Waals surface area contributed by atoms with Gasteiger partial charge in [0.05, 0.1) is 0 Å². The predicted molar refractivity (Wildman–Crippen MR) is 66.5 cm³/mol. The normalized spacial score (nSPS) is 12.1. The lowest BCUT2D eigenvalue weighted by atomic mass is 10.0. The van der Waals surface area contributed by atoms with Crippen molar-refractivity contribution in [2.75, 3.05) is 0 Å². The van der Waals surface area contributed by atoms with E-state index in [0.717, 1.165) is 5.92 Å². The third-order valence-corrected chi connectivity index (χ3v) is 2.74. The molecule has 82 valence electrons. The highest BCUT2D eigenvalue weighted by Crippen LogP contribution is 2.11. The van der Waals surface area contributed by atoms with Crippen LogP contribution in [0.1, 0.15) is 59.3 Å². The Bertz CT molecular complexity index is 163. The highest BCUT2D eigenvalue weighted by molar-refractivity contribution is 5.00. The second kappa shape index (κ2) is 9.05. The van der Waals surface area contributed by atoms with Crippen molar-refractivity contribution in [3.63, 3.8) is 0 Å². The topological polar surface area (TPSA) is 0 Å². The predicted octanol–water partition coefficient (Wildman–Crippen LogP) is 5.12. The van der Waals surface area contributed by atoms with Gasteiger partial charge >= 0.3 is 0 Å². The van der Waals surface area contributed by atoms with Gasteiger partial charge in [0.2, 0.25) is 0 Å². The average molecular weight is 194 g/mol. The van der Waals surface area contributed by atoms with Crippen molar-refractivity contribution in [1.82, 2.24) is 0 Å². The highest BCUT2D eigenvalue weighted by Gasteiger charge is 1.94. The van der Waals surface area contributed by atoms with E-state index in [1.165, 1.54) is 44.1 Å². The summed E-state index contributed by atoms with van der Waals surface area (Å²) >= 11 is 0. The molecule has 0 aromatic carbocycles. The third kappa shape index (κ3) is 8.10. The van der Waals surface area contributed by atoms with Crippen molar-refractivity contribution in [3.05, 3.63) is 24.3 Å². The molecular weight excluding hydrogens is 168 g/mol. The molecule has 0 heterocycles. The van der Waals surface area contributed by atoms with Gasteiger partial charge in [-0.2, -0.15) is 0 Å². The maximum Gasteiger partial charge on any atom is -0.0263 e. The molecule has 0 aliphatic heterocycles. The Kier molecular flexibility index (Phi) is 8.72. The number of hydrogen-bond donors (Lipinski definition) is 0. The summed E-state index contributed by atoms with van der Waals surface area (Å²) in [7, 11) is 0. The molecule has 0 aliphatic rings. The van der Waals surface area contributed by atoms with E-state index in [2.05, 4.69) is 33.4 Å². The van der Waals surface area contributed by atoms with Crippen LogP contribution in [0.2, 0.25) is 0 Å². The Morgan fingerprint density at radius 2 is 1.64 bits per heavy atom. The molecular formula is C14H26. The van der Waals surface area contributed by atoms with Gasteiger partial charge in [-0.05, 0) is 38.5 Å². The fraction of sp³-hybridized carbons (Fsp3) is 0.714. The summed E-state index contributed by atoms with van der Waals surface area (Å²) in [5, 5.41) is 0. The number of hydrogen-bond acceptors (Lipinski definition) is 0. The fourth-order valence-electron chi connectivity index (χ4n) is 1.35. The van der Waals surface area contributed by atoms with E-state index in [1.807, 2.05) is 6.08 Å². The molecule has 14 heavy (non-hydrogen) atoms.